The normalized spacial score (nSPS) is 15.6. The highest BCUT2D eigenvalue weighted by molar-refractivity contribution is 5.77. The zero-order chi connectivity index (χ0) is 18.8. The Labute approximate surface area is 157 Å². The lowest BCUT2D eigenvalue weighted by molar-refractivity contribution is -0.132. The van der Waals surface area contributed by atoms with Crippen molar-refractivity contribution in [2.75, 3.05) is 13.1 Å². The highest BCUT2D eigenvalue weighted by Gasteiger charge is 2.27. The molecule has 142 valence electrons. The number of H-pyrrole nitrogens is 1. The summed E-state index contributed by atoms with van der Waals surface area (Å²) in [5, 5.41) is 17.5. The van der Waals surface area contributed by atoms with Crippen molar-refractivity contribution in [3.63, 3.8) is 0 Å². The van der Waals surface area contributed by atoms with Gasteiger partial charge in [-0.25, -0.2) is 4.98 Å². The second-order valence-electron chi connectivity index (χ2n) is 7.05. The van der Waals surface area contributed by atoms with Crippen LogP contribution in [0.4, 0.5) is 0 Å². The Morgan fingerprint density at radius 1 is 1.26 bits per heavy atom. The fraction of sp³-hybridized carbons (Fsp3) is 0.474. The molecule has 0 spiro atoms. The summed E-state index contributed by atoms with van der Waals surface area (Å²) in [7, 11) is 1.88. The van der Waals surface area contributed by atoms with Crippen LogP contribution in [0, 0.1) is 0 Å². The first-order chi connectivity index (χ1) is 13.2. The van der Waals surface area contributed by atoms with E-state index in [4.69, 9.17) is 0 Å². The highest BCUT2D eigenvalue weighted by atomic mass is 16.3. The van der Waals surface area contributed by atoms with Crippen LogP contribution in [0.1, 0.15) is 42.7 Å². The summed E-state index contributed by atoms with van der Waals surface area (Å²) >= 11 is 0. The quantitative estimate of drug-likeness (QED) is 0.711. The number of nitrogens with one attached hydrogen (secondary N) is 1. The molecule has 2 aromatic heterocycles. The number of para-hydroxylation sites is 2. The maximum Gasteiger partial charge on any atom is 0.223 e. The summed E-state index contributed by atoms with van der Waals surface area (Å²) in [6.07, 6.45) is 2.82. The molecule has 0 aliphatic carbocycles. The minimum atomic E-state index is -0.109. The molecule has 0 saturated carbocycles. The van der Waals surface area contributed by atoms with Gasteiger partial charge < -0.3 is 19.6 Å². The number of aliphatic hydroxyl groups is 1. The van der Waals surface area contributed by atoms with Crippen LogP contribution in [-0.4, -0.2) is 53.7 Å². The van der Waals surface area contributed by atoms with Crippen molar-refractivity contribution in [1.29, 1.82) is 0 Å². The Hall–Kier alpha value is -2.74. The number of imidazole rings is 1. The van der Waals surface area contributed by atoms with E-state index in [0.717, 1.165) is 48.6 Å². The van der Waals surface area contributed by atoms with Crippen LogP contribution >= 0.6 is 0 Å². The molecule has 1 aliphatic rings. The summed E-state index contributed by atoms with van der Waals surface area (Å²) in [5.74, 6) is 2.78. The van der Waals surface area contributed by atoms with Crippen molar-refractivity contribution in [1.82, 2.24) is 29.6 Å². The van der Waals surface area contributed by atoms with E-state index in [1.807, 2.05) is 40.8 Å². The Balaban J connectivity index is 1.31. The van der Waals surface area contributed by atoms with Gasteiger partial charge >= 0.3 is 0 Å². The van der Waals surface area contributed by atoms with Gasteiger partial charge in [0.25, 0.3) is 0 Å². The Kier molecular flexibility index (Phi) is 4.89. The van der Waals surface area contributed by atoms with E-state index in [0.29, 0.717) is 18.7 Å². The van der Waals surface area contributed by atoms with Gasteiger partial charge in [0.1, 0.15) is 18.3 Å². The van der Waals surface area contributed by atoms with Crippen molar-refractivity contribution in [3.8, 4) is 0 Å². The van der Waals surface area contributed by atoms with E-state index in [1.165, 1.54) is 0 Å². The van der Waals surface area contributed by atoms with E-state index < -0.39 is 0 Å². The van der Waals surface area contributed by atoms with E-state index in [2.05, 4.69) is 20.2 Å². The van der Waals surface area contributed by atoms with Gasteiger partial charge in [0.2, 0.25) is 5.91 Å². The third kappa shape index (κ3) is 3.57. The molecule has 3 heterocycles. The molecule has 0 radical (unpaired) electrons. The zero-order valence-corrected chi connectivity index (χ0v) is 15.4. The van der Waals surface area contributed by atoms with Crippen LogP contribution in [-0.2, 0) is 24.9 Å². The van der Waals surface area contributed by atoms with Crippen molar-refractivity contribution in [2.45, 2.75) is 38.2 Å². The Morgan fingerprint density at radius 2 is 2.04 bits per heavy atom. The number of rotatable bonds is 5. The zero-order valence-electron chi connectivity index (χ0n) is 15.4. The molecule has 3 aromatic rings. The first-order valence-corrected chi connectivity index (χ1v) is 9.36. The molecule has 1 aromatic carbocycles. The van der Waals surface area contributed by atoms with E-state index in [1.54, 1.807) is 0 Å². The minimum absolute atomic E-state index is 0.109. The number of aliphatic hydroxyl groups excluding tert-OH is 1. The lowest BCUT2D eigenvalue weighted by Crippen LogP contribution is -2.38. The fourth-order valence-electron chi connectivity index (χ4n) is 3.76. The molecule has 2 N–H and O–H groups in total. The van der Waals surface area contributed by atoms with Gasteiger partial charge in [-0.1, -0.05) is 12.1 Å². The van der Waals surface area contributed by atoms with Crippen LogP contribution in [0.2, 0.25) is 0 Å². The van der Waals surface area contributed by atoms with Gasteiger partial charge in [-0.3, -0.25) is 4.79 Å². The van der Waals surface area contributed by atoms with Gasteiger partial charge in [0.05, 0.1) is 11.0 Å². The van der Waals surface area contributed by atoms with Crippen molar-refractivity contribution in [2.24, 2.45) is 7.05 Å². The molecule has 8 nitrogen and oxygen atoms in total. The summed E-state index contributed by atoms with van der Waals surface area (Å²) in [4.78, 5) is 22.3. The molecule has 8 heteroatoms. The van der Waals surface area contributed by atoms with E-state index in [9.17, 15) is 9.90 Å². The molecule has 27 heavy (non-hydrogen) atoms. The minimum Gasteiger partial charge on any atom is -0.388 e. The van der Waals surface area contributed by atoms with Gasteiger partial charge in [0.15, 0.2) is 5.82 Å². The number of likely N-dealkylation sites (tertiary alicyclic amines) is 1. The number of fused-ring (bicyclic) bond motifs is 1. The number of carbonyl (C=O) groups is 1. The lowest BCUT2D eigenvalue weighted by Gasteiger charge is -2.31. The first kappa shape index (κ1) is 17.7. The number of aromatic amines is 1. The monoisotopic (exact) mass is 368 g/mol. The topological polar surface area (TPSA) is 99.9 Å². The summed E-state index contributed by atoms with van der Waals surface area (Å²) in [6.45, 7) is 1.35. The molecule has 0 unspecified atom stereocenters. The molecule has 1 aliphatic heterocycles. The largest absolute Gasteiger partial charge is 0.388 e. The third-order valence-corrected chi connectivity index (χ3v) is 5.37. The number of hydrogen-bond acceptors (Lipinski definition) is 5. The van der Waals surface area contributed by atoms with E-state index >= 15 is 0 Å². The predicted octanol–water partition coefficient (Wildman–Crippen LogP) is 1.52. The maximum atomic E-state index is 12.6. The molecule has 1 fully saturated rings. The number of carbonyl (C=O) groups excluding carboxylic acids is 1. The second-order valence-corrected chi connectivity index (χ2v) is 7.05. The maximum absolute atomic E-state index is 12.6. The van der Waals surface area contributed by atoms with Crippen LogP contribution < -0.4 is 0 Å². The summed E-state index contributed by atoms with van der Waals surface area (Å²) < 4.78 is 1.86. The third-order valence-electron chi connectivity index (χ3n) is 5.37. The predicted molar refractivity (Wildman–Crippen MR) is 99.9 cm³/mol. The number of nitrogens with zero attached hydrogens (tertiary/aromatic N) is 5. The van der Waals surface area contributed by atoms with Crippen molar-refractivity contribution in [3.05, 3.63) is 41.7 Å². The molecule has 1 amide bonds. The number of aromatic nitrogens is 5. The van der Waals surface area contributed by atoms with Crippen LogP contribution in [0.5, 0.6) is 0 Å². The number of benzene rings is 1. The first-order valence-electron chi connectivity index (χ1n) is 9.36. The van der Waals surface area contributed by atoms with Crippen LogP contribution in [0.15, 0.2) is 24.3 Å². The van der Waals surface area contributed by atoms with E-state index in [-0.39, 0.29) is 18.4 Å². The van der Waals surface area contributed by atoms with Crippen LogP contribution in [0.25, 0.3) is 11.0 Å². The molecule has 0 bridgehead atoms. The van der Waals surface area contributed by atoms with Crippen molar-refractivity contribution >= 4 is 16.9 Å². The van der Waals surface area contributed by atoms with Gasteiger partial charge in [0, 0.05) is 38.9 Å². The summed E-state index contributed by atoms with van der Waals surface area (Å²) in [6, 6.07) is 7.90. The SMILES string of the molecule is Cn1c(CO)nnc1C1CCN(C(=O)CCc2nc3ccccc3[nH]2)CC1. The number of piperidine rings is 1. The molecular formula is C19H24N6O2. The number of amides is 1. The Bertz CT molecular complexity index is 906. The van der Waals surface area contributed by atoms with Crippen molar-refractivity contribution < 1.29 is 9.90 Å². The van der Waals surface area contributed by atoms with Gasteiger partial charge in [-0.15, -0.1) is 10.2 Å². The average Bonchev–Trinajstić information content (AvgIpc) is 3.29. The Morgan fingerprint density at radius 3 is 2.74 bits per heavy atom. The smallest absolute Gasteiger partial charge is 0.223 e. The average molecular weight is 368 g/mol. The number of aryl methyl sites for hydroxylation is 1. The van der Waals surface area contributed by atoms with Crippen LogP contribution in [0.3, 0.4) is 0 Å². The molecular weight excluding hydrogens is 344 g/mol. The number of hydrogen-bond donors (Lipinski definition) is 2. The van der Waals surface area contributed by atoms with Gasteiger partial charge in [-0.2, -0.15) is 0 Å². The molecule has 0 atom stereocenters. The lowest BCUT2D eigenvalue weighted by atomic mass is 9.95. The highest BCUT2D eigenvalue weighted by Crippen LogP contribution is 2.27. The van der Waals surface area contributed by atoms with Gasteiger partial charge in [-0.05, 0) is 25.0 Å². The standard InChI is InChI=1S/C19H24N6O2/c1-24-17(12-26)22-23-19(24)13-8-10-25(11-9-13)18(27)7-6-16-20-14-4-2-3-5-15(14)21-16/h2-5,13,26H,6-12H2,1H3,(H,20,21). The fourth-order valence-corrected chi connectivity index (χ4v) is 3.76. The molecule has 4 rings (SSSR count). The summed E-state index contributed by atoms with van der Waals surface area (Å²) in [5.41, 5.74) is 1.94. The second kappa shape index (κ2) is 7.48. The molecule has 1 saturated heterocycles.